The molecule has 0 radical (unpaired) electrons. The standard InChI is InChI=1S/C20H25FN2O3S2/c1-15-7-6-9-18(13-15)23(28(3,25)26)16(2)20(24)22-11-12-27-14-17-8-4-5-10-19(17)21/h4-10,13,16H,11-12,14H2,1-3H3,(H,22,24)/t16-/m1/s1. The molecule has 28 heavy (non-hydrogen) atoms. The second-order valence-corrected chi connectivity index (χ2v) is 9.47. The summed E-state index contributed by atoms with van der Waals surface area (Å²) in [4.78, 5) is 12.5. The van der Waals surface area contributed by atoms with Crippen molar-refractivity contribution in [3.8, 4) is 0 Å². The van der Waals surface area contributed by atoms with E-state index in [0.717, 1.165) is 16.1 Å². The molecule has 2 aromatic rings. The third-order valence-corrected chi connectivity index (χ3v) is 6.36. The molecule has 0 saturated heterocycles. The van der Waals surface area contributed by atoms with Gasteiger partial charge in [-0.25, -0.2) is 12.8 Å². The van der Waals surface area contributed by atoms with E-state index in [1.807, 2.05) is 13.0 Å². The highest BCUT2D eigenvalue weighted by Crippen LogP contribution is 2.22. The zero-order valence-electron chi connectivity index (χ0n) is 16.2. The number of carbonyl (C=O) groups is 1. The van der Waals surface area contributed by atoms with Gasteiger partial charge in [-0.1, -0.05) is 30.3 Å². The van der Waals surface area contributed by atoms with Crippen LogP contribution in [0.25, 0.3) is 0 Å². The highest BCUT2D eigenvalue weighted by molar-refractivity contribution is 7.98. The third kappa shape index (κ3) is 6.24. The quantitative estimate of drug-likeness (QED) is 0.627. The summed E-state index contributed by atoms with van der Waals surface area (Å²) >= 11 is 1.50. The molecular formula is C20H25FN2O3S2. The number of rotatable bonds is 9. The van der Waals surface area contributed by atoms with Crippen LogP contribution in [0.4, 0.5) is 10.1 Å². The number of hydrogen-bond donors (Lipinski definition) is 1. The van der Waals surface area contributed by atoms with Gasteiger partial charge in [0.05, 0.1) is 11.9 Å². The maximum Gasteiger partial charge on any atom is 0.243 e. The molecule has 0 fully saturated rings. The SMILES string of the molecule is Cc1cccc(N([C@H](C)C(=O)NCCSCc2ccccc2F)S(C)(=O)=O)c1. The van der Waals surface area contributed by atoms with Crippen LogP contribution in [0.3, 0.4) is 0 Å². The van der Waals surface area contributed by atoms with Gasteiger partial charge in [-0.3, -0.25) is 9.10 Å². The molecule has 0 heterocycles. The fourth-order valence-corrected chi connectivity index (χ4v) is 4.78. The van der Waals surface area contributed by atoms with Crippen molar-refractivity contribution in [2.75, 3.05) is 22.9 Å². The lowest BCUT2D eigenvalue weighted by atomic mass is 10.2. The van der Waals surface area contributed by atoms with Crippen LogP contribution in [0.2, 0.25) is 0 Å². The molecule has 0 aromatic heterocycles. The fraction of sp³-hybridized carbons (Fsp3) is 0.350. The minimum atomic E-state index is -3.63. The number of anilines is 1. The predicted molar refractivity (Wildman–Crippen MR) is 114 cm³/mol. The van der Waals surface area contributed by atoms with Crippen molar-refractivity contribution in [2.24, 2.45) is 0 Å². The molecule has 1 N–H and O–H groups in total. The predicted octanol–water partition coefficient (Wildman–Crippen LogP) is 3.34. The summed E-state index contributed by atoms with van der Waals surface area (Å²) in [6.45, 7) is 3.79. The van der Waals surface area contributed by atoms with Gasteiger partial charge < -0.3 is 5.32 Å². The normalized spacial score (nSPS) is 12.4. The van der Waals surface area contributed by atoms with Crippen LogP contribution in [0.1, 0.15) is 18.1 Å². The third-order valence-electron chi connectivity index (χ3n) is 4.11. The number of halogens is 1. The molecule has 1 atom stereocenters. The van der Waals surface area contributed by atoms with Crippen molar-refractivity contribution in [2.45, 2.75) is 25.6 Å². The highest BCUT2D eigenvalue weighted by Gasteiger charge is 2.28. The Morgan fingerprint density at radius 3 is 2.57 bits per heavy atom. The summed E-state index contributed by atoms with van der Waals surface area (Å²) in [5, 5.41) is 2.76. The second-order valence-electron chi connectivity index (χ2n) is 6.51. The van der Waals surface area contributed by atoms with Gasteiger partial charge in [0, 0.05) is 18.1 Å². The van der Waals surface area contributed by atoms with E-state index in [1.165, 1.54) is 17.8 Å². The number of benzene rings is 2. The van der Waals surface area contributed by atoms with Gasteiger partial charge in [-0.2, -0.15) is 11.8 Å². The fourth-order valence-electron chi connectivity index (χ4n) is 2.77. The van der Waals surface area contributed by atoms with Crippen molar-refractivity contribution < 1.29 is 17.6 Å². The molecule has 152 valence electrons. The Kier molecular flexibility index (Phi) is 7.88. The number of hydrogen-bond acceptors (Lipinski definition) is 4. The summed E-state index contributed by atoms with van der Waals surface area (Å²) < 4.78 is 39.2. The summed E-state index contributed by atoms with van der Waals surface area (Å²) in [5.41, 5.74) is 1.98. The van der Waals surface area contributed by atoms with Crippen molar-refractivity contribution in [3.63, 3.8) is 0 Å². The first-order chi connectivity index (χ1) is 13.2. The minimum Gasteiger partial charge on any atom is -0.353 e. The maximum absolute atomic E-state index is 13.6. The van der Waals surface area contributed by atoms with E-state index in [1.54, 1.807) is 43.3 Å². The minimum absolute atomic E-state index is 0.241. The lowest BCUT2D eigenvalue weighted by molar-refractivity contribution is -0.121. The van der Waals surface area contributed by atoms with Crippen LogP contribution in [-0.4, -0.2) is 38.9 Å². The Morgan fingerprint density at radius 2 is 1.93 bits per heavy atom. The molecule has 0 bridgehead atoms. The molecule has 2 rings (SSSR count). The van der Waals surface area contributed by atoms with E-state index in [9.17, 15) is 17.6 Å². The average molecular weight is 425 g/mol. The Labute approximate surface area is 170 Å². The van der Waals surface area contributed by atoms with Crippen LogP contribution in [-0.2, 0) is 20.6 Å². The average Bonchev–Trinajstić information content (AvgIpc) is 2.61. The summed E-state index contributed by atoms with van der Waals surface area (Å²) in [6.07, 6.45) is 1.09. The number of amides is 1. The van der Waals surface area contributed by atoms with Crippen LogP contribution in [0.5, 0.6) is 0 Å². The van der Waals surface area contributed by atoms with Crippen LogP contribution >= 0.6 is 11.8 Å². The topological polar surface area (TPSA) is 66.5 Å². The van der Waals surface area contributed by atoms with Gasteiger partial charge >= 0.3 is 0 Å². The van der Waals surface area contributed by atoms with E-state index < -0.39 is 16.1 Å². The second kappa shape index (κ2) is 9.93. The zero-order chi connectivity index (χ0) is 20.7. The first kappa shape index (κ1) is 22.2. The molecule has 0 aliphatic heterocycles. The van der Waals surface area contributed by atoms with Crippen LogP contribution in [0, 0.1) is 12.7 Å². The van der Waals surface area contributed by atoms with Crippen molar-refractivity contribution >= 4 is 33.4 Å². The molecule has 1 amide bonds. The Bertz CT molecular complexity index is 919. The lowest BCUT2D eigenvalue weighted by Gasteiger charge is -2.28. The molecule has 0 aliphatic carbocycles. The number of carbonyl (C=O) groups excluding carboxylic acids is 1. The van der Waals surface area contributed by atoms with E-state index in [-0.39, 0.29) is 11.7 Å². The van der Waals surface area contributed by atoms with Crippen molar-refractivity contribution in [1.82, 2.24) is 5.32 Å². The number of sulfonamides is 1. The number of nitrogens with one attached hydrogen (secondary N) is 1. The van der Waals surface area contributed by atoms with Crippen molar-refractivity contribution in [1.29, 1.82) is 0 Å². The van der Waals surface area contributed by atoms with E-state index >= 15 is 0 Å². The van der Waals surface area contributed by atoms with Crippen molar-refractivity contribution in [3.05, 3.63) is 65.5 Å². The molecule has 0 unspecified atom stereocenters. The molecule has 2 aromatic carbocycles. The van der Waals surface area contributed by atoms with Gasteiger partial charge in [0.25, 0.3) is 0 Å². The lowest BCUT2D eigenvalue weighted by Crippen LogP contribution is -2.48. The molecule has 0 saturated carbocycles. The Morgan fingerprint density at radius 1 is 1.21 bits per heavy atom. The molecule has 0 spiro atoms. The monoisotopic (exact) mass is 424 g/mol. The summed E-state index contributed by atoms with van der Waals surface area (Å²) in [6, 6.07) is 12.7. The maximum atomic E-state index is 13.6. The van der Waals surface area contributed by atoms with E-state index in [4.69, 9.17) is 0 Å². The number of aryl methyl sites for hydroxylation is 1. The van der Waals surface area contributed by atoms with Gasteiger partial charge in [-0.15, -0.1) is 0 Å². The first-order valence-corrected chi connectivity index (χ1v) is 11.9. The molecule has 0 aliphatic rings. The van der Waals surface area contributed by atoms with Crippen LogP contribution in [0.15, 0.2) is 48.5 Å². The van der Waals surface area contributed by atoms with E-state index in [0.29, 0.717) is 29.3 Å². The summed E-state index contributed by atoms with van der Waals surface area (Å²) in [7, 11) is -3.63. The smallest absolute Gasteiger partial charge is 0.243 e. The number of nitrogens with zero attached hydrogens (tertiary/aromatic N) is 1. The first-order valence-electron chi connectivity index (χ1n) is 8.85. The van der Waals surface area contributed by atoms with Gasteiger partial charge in [0.15, 0.2) is 0 Å². The van der Waals surface area contributed by atoms with Gasteiger partial charge in [0.2, 0.25) is 15.9 Å². The summed E-state index contributed by atoms with van der Waals surface area (Å²) in [5.74, 6) is 0.487. The Balaban J connectivity index is 1.91. The zero-order valence-corrected chi connectivity index (χ0v) is 17.8. The van der Waals surface area contributed by atoms with E-state index in [2.05, 4.69) is 5.32 Å². The Hall–Kier alpha value is -2.06. The number of thioether (sulfide) groups is 1. The van der Waals surface area contributed by atoms with Gasteiger partial charge in [-0.05, 0) is 43.2 Å². The van der Waals surface area contributed by atoms with Gasteiger partial charge in [0.1, 0.15) is 11.9 Å². The molecule has 5 nitrogen and oxygen atoms in total. The van der Waals surface area contributed by atoms with Crippen LogP contribution < -0.4 is 9.62 Å². The molecular weight excluding hydrogens is 399 g/mol. The largest absolute Gasteiger partial charge is 0.353 e. The highest BCUT2D eigenvalue weighted by atomic mass is 32.2. The molecule has 8 heteroatoms.